The lowest BCUT2D eigenvalue weighted by Gasteiger charge is -2.35. The molecule has 45 heavy (non-hydrogen) atoms. The van der Waals surface area contributed by atoms with E-state index >= 15 is 0 Å². The van der Waals surface area contributed by atoms with Crippen LogP contribution in [0.5, 0.6) is 0 Å². The molecule has 1 aromatic carbocycles. The summed E-state index contributed by atoms with van der Waals surface area (Å²) in [4.78, 5) is 46.9. The van der Waals surface area contributed by atoms with Crippen LogP contribution >= 0.6 is 11.3 Å². The lowest BCUT2D eigenvalue weighted by atomic mass is 9.85. The predicted molar refractivity (Wildman–Crippen MR) is 181 cm³/mol. The SMILES string of the molecule is Cc1ncsc1-c1ccc(CNC(=O)[C@@H]2C[C@@H](O)CN2C(=O)[C@@H](NC(=O)CCCCCCCCCCCCN)C(C)(C)C)cc1. The third kappa shape index (κ3) is 11.8. The zero-order valence-corrected chi connectivity index (χ0v) is 28.6. The molecule has 0 aliphatic carbocycles. The Balaban J connectivity index is 1.47. The molecular weight excluding hydrogens is 586 g/mol. The zero-order chi connectivity index (χ0) is 32.8. The van der Waals surface area contributed by atoms with E-state index < -0.39 is 23.6 Å². The number of carbonyl (C=O) groups excluding carboxylic acids is 3. The number of β-amino-alcohol motifs (C(OH)–C–C–N with tert-alkyl or cyclic N) is 1. The Morgan fingerprint density at radius 3 is 2.16 bits per heavy atom. The number of nitrogens with two attached hydrogens (primary N) is 1. The van der Waals surface area contributed by atoms with Crippen molar-refractivity contribution in [2.45, 2.75) is 129 Å². The third-order valence-corrected chi connectivity index (χ3v) is 9.55. The maximum Gasteiger partial charge on any atom is 0.246 e. The van der Waals surface area contributed by atoms with Gasteiger partial charge in [0.1, 0.15) is 12.1 Å². The van der Waals surface area contributed by atoms with Gasteiger partial charge in [-0.3, -0.25) is 14.4 Å². The Bertz CT molecular complexity index is 1210. The number of unbranched alkanes of at least 4 members (excludes halogenated alkanes) is 9. The standard InChI is InChI=1S/C35H55N5O4S/c1-25-31(45-24-38-25)27-18-16-26(17-19-27)22-37-33(43)29-21-28(41)23-40(29)34(44)32(35(2,3)4)39-30(42)15-13-11-9-7-5-6-8-10-12-14-20-36/h16-19,24,28-29,32,41H,5-15,20-23,36H2,1-4H3,(H,37,43)(H,39,42)/t28-,29+,32-/m1/s1. The second-order valence-corrected chi connectivity index (χ2v) is 14.4. The molecule has 2 heterocycles. The van der Waals surface area contributed by atoms with Gasteiger partial charge in [-0.05, 0) is 42.9 Å². The van der Waals surface area contributed by atoms with E-state index in [-0.39, 0.29) is 30.7 Å². The predicted octanol–water partition coefficient (Wildman–Crippen LogP) is 5.48. The number of aliphatic hydroxyl groups is 1. The first-order chi connectivity index (χ1) is 21.5. The van der Waals surface area contributed by atoms with Crippen LogP contribution in [0.2, 0.25) is 0 Å². The van der Waals surface area contributed by atoms with Crippen LogP contribution in [0.4, 0.5) is 0 Å². The number of aliphatic hydroxyl groups excluding tert-OH is 1. The van der Waals surface area contributed by atoms with Crippen LogP contribution < -0.4 is 16.4 Å². The summed E-state index contributed by atoms with van der Waals surface area (Å²) in [6.45, 7) is 8.86. The lowest BCUT2D eigenvalue weighted by molar-refractivity contribution is -0.144. The second-order valence-electron chi connectivity index (χ2n) is 13.5. The molecule has 0 spiro atoms. The molecule has 3 atom stereocenters. The molecule has 250 valence electrons. The van der Waals surface area contributed by atoms with Gasteiger partial charge < -0.3 is 26.4 Å². The van der Waals surface area contributed by atoms with Crippen molar-refractivity contribution in [3.8, 4) is 10.4 Å². The molecule has 0 saturated carbocycles. The number of aromatic nitrogens is 1. The highest BCUT2D eigenvalue weighted by Gasteiger charge is 2.44. The Hall–Kier alpha value is -2.82. The van der Waals surface area contributed by atoms with E-state index in [0.717, 1.165) is 53.9 Å². The van der Waals surface area contributed by atoms with Crippen molar-refractivity contribution in [1.82, 2.24) is 20.5 Å². The van der Waals surface area contributed by atoms with Gasteiger partial charge in [0.25, 0.3) is 0 Å². The Morgan fingerprint density at radius 1 is 1.00 bits per heavy atom. The highest BCUT2D eigenvalue weighted by Crippen LogP contribution is 2.28. The molecule has 1 saturated heterocycles. The minimum Gasteiger partial charge on any atom is -0.391 e. The van der Waals surface area contributed by atoms with Crippen molar-refractivity contribution in [2.24, 2.45) is 11.1 Å². The minimum absolute atomic E-state index is 0.0648. The summed E-state index contributed by atoms with van der Waals surface area (Å²) >= 11 is 1.59. The molecule has 0 bridgehead atoms. The summed E-state index contributed by atoms with van der Waals surface area (Å²) in [6, 6.07) is 6.38. The molecule has 3 rings (SSSR count). The topological polar surface area (TPSA) is 138 Å². The summed E-state index contributed by atoms with van der Waals surface area (Å²) in [6.07, 6.45) is 11.1. The van der Waals surface area contributed by atoms with Gasteiger partial charge in [0.15, 0.2) is 0 Å². The van der Waals surface area contributed by atoms with E-state index in [0.29, 0.717) is 13.0 Å². The first-order valence-corrected chi connectivity index (χ1v) is 17.6. The van der Waals surface area contributed by atoms with Crippen LogP contribution in [-0.2, 0) is 20.9 Å². The van der Waals surface area contributed by atoms with Gasteiger partial charge in [0.05, 0.1) is 22.2 Å². The van der Waals surface area contributed by atoms with Gasteiger partial charge in [-0.1, -0.05) is 96.4 Å². The van der Waals surface area contributed by atoms with Crippen LogP contribution in [0.25, 0.3) is 10.4 Å². The first kappa shape index (κ1) is 36.6. The molecule has 0 radical (unpaired) electrons. The number of rotatable bonds is 18. The monoisotopic (exact) mass is 641 g/mol. The number of benzene rings is 1. The zero-order valence-electron chi connectivity index (χ0n) is 27.8. The van der Waals surface area contributed by atoms with E-state index in [4.69, 9.17) is 5.73 Å². The van der Waals surface area contributed by atoms with Crippen LogP contribution in [0.1, 0.15) is 109 Å². The van der Waals surface area contributed by atoms with Gasteiger partial charge in [-0.25, -0.2) is 4.98 Å². The van der Waals surface area contributed by atoms with Gasteiger partial charge in [0, 0.05) is 25.9 Å². The lowest BCUT2D eigenvalue weighted by Crippen LogP contribution is -2.57. The number of aryl methyl sites for hydroxylation is 1. The fourth-order valence-corrected chi connectivity index (χ4v) is 6.67. The fourth-order valence-electron chi connectivity index (χ4n) is 5.86. The van der Waals surface area contributed by atoms with E-state index in [1.807, 2.05) is 57.5 Å². The number of nitrogens with zero attached hydrogens (tertiary/aromatic N) is 2. The van der Waals surface area contributed by atoms with E-state index in [1.54, 1.807) is 11.3 Å². The van der Waals surface area contributed by atoms with Crippen molar-refractivity contribution < 1.29 is 19.5 Å². The summed E-state index contributed by atoms with van der Waals surface area (Å²) in [7, 11) is 0. The van der Waals surface area contributed by atoms with Crippen molar-refractivity contribution in [1.29, 1.82) is 0 Å². The maximum atomic E-state index is 13.8. The normalized spacial score (nSPS) is 17.3. The highest BCUT2D eigenvalue weighted by atomic mass is 32.1. The number of carbonyl (C=O) groups is 3. The van der Waals surface area contributed by atoms with E-state index in [9.17, 15) is 19.5 Å². The van der Waals surface area contributed by atoms with E-state index in [2.05, 4.69) is 15.6 Å². The van der Waals surface area contributed by atoms with Crippen LogP contribution in [-0.4, -0.2) is 64.0 Å². The largest absolute Gasteiger partial charge is 0.391 e. The van der Waals surface area contributed by atoms with Crippen molar-refractivity contribution in [3.05, 3.63) is 41.0 Å². The number of hydrogen-bond donors (Lipinski definition) is 4. The number of likely N-dealkylation sites (tertiary alicyclic amines) is 1. The molecule has 10 heteroatoms. The number of thiazole rings is 1. The Morgan fingerprint density at radius 2 is 1.60 bits per heavy atom. The quantitative estimate of drug-likeness (QED) is 0.159. The summed E-state index contributed by atoms with van der Waals surface area (Å²) < 4.78 is 0. The maximum absolute atomic E-state index is 13.8. The number of hydrogen-bond acceptors (Lipinski definition) is 7. The highest BCUT2D eigenvalue weighted by molar-refractivity contribution is 7.13. The average molecular weight is 642 g/mol. The second kappa shape index (κ2) is 18.4. The van der Waals surface area contributed by atoms with Gasteiger partial charge in [-0.15, -0.1) is 11.3 Å². The minimum atomic E-state index is -0.799. The number of nitrogens with one attached hydrogen (secondary N) is 2. The molecule has 5 N–H and O–H groups in total. The van der Waals surface area contributed by atoms with Crippen molar-refractivity contribution in [2.75, 3.05) is 13.1 Å². The first-order valence-electron chi connectivity index (χ1n) is 16.8. The average Bonchev–Trinajstić information content (AvgIpc) is 3.62. The summed E-state index contributed by atoms with van der Waals surface area (Å²) in [5, 5.41) is 16.4. The fraction of sp³-hybridized carbons (Fsp3) is 0.657. The third-order valence-electron chi connectivity index (χ3n) is 8.57. The molecule has 1 aliphatic rings. The molecule has 2 aromatic rings. The van der Waals surface area contributed by atoms with Crippen LogP contribution in [0, 0.1) is 12.3 Å². The molecule has 3 amide bonds. The van der Waals surface area contributed by atoms with Gasteiger partial charge in [0.2, 0.25) is 17.7 Å². The van der Waals surface area contributed by atoms with Gasteiger partial charge in [-0.2, -0.15) is 0 Å². The summed E-state index contributed by atoms with van der Waals surface area (Å²) in [5.41, 5.74) is 9.81. The molecule has 0 unspecified atom stereocenters. The van der Waals surface area contributed by atoms with Gasteiger partial charge >= 0.3 is 0 Å². The van der Waals surface area contributed by atoms with Crippen molar-refractivity contribution in [3.63, 3.8) is 0 Å². The molecular formula is C35H55N5O4S. The molecule has 1 aromatic heterocycles. The van der Waals surface area contributed by atoms with Crippen LogP contribution in [0.3, 0.4) is 0 Å². The molecule has 1 aliphatic heterocycles. The Kier molecular flexibility index (Phi) is 14.9. The smallest absolute Gasteiger partial charge is 0.246 e. The van der Waals surface area contributed by atoms with E-state index in [1.165, 1.54) is 43.4 Å². The number of amides is 3. The summed E-state index contributed by atoms with van der Waals surface area (Å²) in [5.74, 6) is -0.791. The van der Waals surface area contributed by atoms with Crippen molar-refractivity contribution >= 4 is 29.1 Å². The molecule has 9 nitrogen and oxygen atoms in total. The Labute approximate surface area is 273 Å². The molecule has 1 fully saturated rings. The van der Waals surface area contributed by atoms with Crippen LogP contribution in [0.15, 0.2) is 29.8 Å².